The fraction of sp³-hybridized carbons (Fsp3) is 0.154. The first-order valence-electron chi connectivity index (χ1n) is 10.5. The Labute approximate surface area is 192 Å². The molecule has 33 heavy (non-hydrogen) atoms. The number of hydrogen-bond acceptors (Lipinski definition) is 6. The molecule has 1 aliphatic rings. The molecule has 0 bridgehead atoms. The molecule has 0 aromatic heterocycles. The maximum absolute atomic E-state index is 13.7. The molecular weight excluding hydrogens is 420 g/mol. The molecule has 4 rings (SSSR count). The summed E-state index contributed by atoms with van der Waals surface area (Å²) in [5, 5.41) is 3.14. The first-order chi connectivity index (χ1) is 16.1. The van der Waals surface area contributed by atoms with Crippen LogP contribution in [-0.4, -0.2) is 32.6 Å². The zero-order valence-corrected chi connectivity index (χ0v) is 18.6. The quantitative estimate of drug-likeness (QED) is 0.516. The molecule has 3 aromatic carbocycles. The van der Waals surface area contributed by atoms with Crippen molar-refractivity contribution >= 4 is 28.8 Å². The van der Waals surface area contributed by atoms with Crippen LogP contribution in [0.1, 0.15) is 12.5 Å². The lowest BCUT2D eigenvalue weighted by Crippen LogP contribution is -2.32. The van der Waals surface area contributed by atoms with Gasteiger partial charge in [-0.05, 0) is 49.4 Å². The molecule has 3 aromatic rings. The molecule has 2 amide bonds. The third-order valence-corrected chi connectivity index (χ3v) is 5.22. The second-order valence-corrected chi connectivity index (χ2v) is 7.15. The summed E-state index contributed by atoms with van der Waals surface area (Å²) in [5.74, 6) is 0.663. The number of imide groups is 1. The van der Waals surface area contributed by atoms with Crippen molar-refractivity contribution in [1.82, 2.24) is 0 Å². The number of para-hydroxylation sites is 3. The van der Waals surface area contributed by atoms with Gasteiger partial charge in [-0.25, -0.2) is 4.90 Å². The lowest BCUT2D eigenvalue weighted by molar-refractivity contribution is -0.120. The summed E-state index contributed by atoms with van der Waals surface area (Å²) in [4.78, 5) is 28.4. The van der Waals surface area contributed by atoms with Crippen molar-refractivity contribution in [3.05, 3.63) is 84.1 Å². The number of rotatable bonds is 8. The Hall–Kier alpha value is -4.26. The molecule has 1 N–H and O–H groups in total. The van der Waals surface area contributed by atoms with E-state index in [1.807, 2.05) is 13.0 Å². The summed E-state index contributed by atoms with van der Waals surface area (Å²) in [6.07, 6.45) is 0. The van der Waals surface area contributed by atoms with E-state index in [-0.39, 0.29) is 11.3 Å². The van der Waals surface area contributed by atoms with Crippen LogP contribution in [-0.2, 0) is 9.59 Å². The molecule has 0 radical (unpaired) electrons. The fourth-order valence-electron chi connectivity index (χ4n) is 3.73. The second-order valence-electron chi connectivity index (χ2n) is 7.15. The normalized spacial score (nSPS) is 13.4. The first kappa shape index (κ1) is 22.0. The zero-order chi connectivity index (χ0) is 23.4. The molecule has 0 fully saturated rings. The highest BCUT2D eigenvalue weighted by molar-refractivity contribution is 6.46. The lowest BCUT2D eigenvalue weighted by atomic mass is 10.0. The van der Waals surface area contributed by atoms with Gasteiger partial charge in [0.2, 0.25) is 0 Å². The average Bonchev–Trinajstić information content (AvgIpc) is 3.09. The number of anilines is 2. The Morgan fingerprint density at radius 3 is 2.09 bits per heavy atom. The molecule has 7 heteroatoms. The molecule has 0 saturated carbocycles. The van der Waals surface area contributed by atoms with Gasteiger partial charge < -0.3 is 19.5 Å². The second kappa shape index (κ2) is 9.48. The van der Waals surface area contributed by atoms with E-state index in [2.05, 4.69) is 5.32 Å². The Morgan fingerprint density at radius 2 is 1.42 bits per heavy atom. The molecule has 1 aliphatic heterocycles. The van der Waals surface area contributed by atoms with Crippen LogP contribution in [0.4, 0.5) is 11.4 Å². The number of nitrogens with one attached hydrogen (secondary N) is 1. The number of methoxy groups -OCH3 is 2. The van der Waals surface area contributed by atoms with Crippen molar-refractivity contribution in [3.8, 4) is 17.2 Å². The summed E-state index contributed by atoms with van der Waals surface area (Å²) in [5.41, 5.74) is 1.90. The number of carbonyl (C=O) groups excluding carboxylic acids is 2. The summed E-state index contributed by atoms with van der Waals surface area (Å²) in [6.45, 7) is 2.46. The molecule has 0 aliphatic carbocycles. The number of ether oxygens (including phenoxy) is 3. The van der Waals surface area contributed by atoms with Crippen molar-refractivity contribution in [2.24, 2.45) is 0 Å². The van der Waals surface area contributed by atoms with E-state index in [9.17, 15) is 9.59 Å². The summed E-state index contributed by atoms with van der Waals surface area (Å²) >= 11 is 0. The van der Waals surface area contributed by atoms with Crippen molar-refractivity contribution in [2.75, 3.05) is 31.0 Å². The van der Waals surface area contributed by atoms with Gasteiger partial charge in [0.25, 0.3) is 11.8 Å². The van der Waals surface area contributed by atoms with E-state index >= 15 is 0 Å². The molecule has 1 heterocycles. The van der Waals surface area contributed by atoms with Crippen LogP contribution >= 0.6 is 0 Å². The maximum atomic E-state index is 13.7. The zero-order valence-electron chi connectivity index (χ0n) is 18.6. The number of hydrogen-bond donors (Lipinski definition) is 1. The van der Waals surface area contributed by atoms with Crippen LogP contribution in [0.2, 0.25) is 0 Å². The lowest BCUT2D eigenvalue weighted by Gasteiger charge is -2.18. The average molecular weight is 444 g/mol. The van der Waals surface area contributed by atoms with Gasteiger partial charge in [0.1, 0.15) is 22.9 Å². The van der Waals surface area contributed by atoms with Gasteiger partial charge in [0, 0.05) is 11.3 Å². The SMILES string of the molecule is CCOc1ccc(NC2=C(c3ccccc3OC)C(=O)N(c3ccccc3OC)C2=O)cc1. The molecule has 168 valence electrons. The van der Waals surface area contributed by atoms with Crippen LogP contribution in [0.5, 0.6) is 17.2 Å². The molecule has 0 saturated heterocycles. The minimum Gasteiger partial charge on any atom is -0.496 e. The topological polar surface area (TPSA) is 77.1 Å². The largest absolute Gasteiger partial charge is 0.496 e. The predicted molar refractivity (Wildman–Crippen MR) is 127 cm³/mol. The molecule has 0 unspecified atom stereocenters. The Morgan fingerprint density at radius 1 is 0.788 bits per heavy atom. The molecule has 7 nitrogen and oxygen atoms in total. The maximum Gasteiger partial charge on any atom is 0.282 e. The van der Waals surface area contributed by atoms with Gasteiger partial charge in [0.15, 0.2) is 0 Å². The van der Waals surface area contributed by atoms with Crippen LogP contribution < -0.4 is 24.4 Å². The number of carbonyl (C=O) groups is 2. The minimum atomic E-state index is -0.487. The highest BCUT2D eigenvalue weighted by atomic mass is 16.5. The monoisotopic (exact) mass is 444 g/mol. The molecule has 0 spiro atoms. The van der Waals surface area contributed by atoms with E-state index in [0.29, 0.717) is 40.8 Å². The first-order valence-corrected chi connectivity index (χ1v) is 10.5. The van der Waals surface area contributed by atoms with Gasteiger partial charge in [-0.3, -0.25) is 9.59 Å². The van der Waals surface area contributed by atoms with Crippen molar-refractivity contribution in [3.63, 3.8) is 0 Å². The summed E-state index contributed by atoms with van der Waals surface area (Å²) < 4.78 is 16.4. The number of nitrogens with zero attached hydrogens (tertiary/aromatic N) is 1. The summed E-state index contributed by atoms with van der Waals surface area (Å²) in [6, 6.07) is 21.2. The van der Waals surface area contributed by atoms with Gasteiger partial charge in [-0.2, -0.15) is 0 Å². The van der Waals surface area contributed by atoms with Gasteiger partial charge in [-0.1, -0.05) is 30.3 Å². The van der Waals surface area contributed by atoms with Crippen LogP contribution in [0.3, 0.4) is 0 Å². The Bertz CT molecular complexity index is 1220. The highest BCUT2D eigenvalue weighted by Crippen LogP contribution is 2.40. The van der Waals surface area contributed by atoms with Gasteiger partial charge in [-0.15, -0.1) is 0 Å². The molecular formula is C26H24N2O5. The fourth-order valence-corrected chi connectivity index (χ4v) is 3.73. The summed E-state index contributed by atoms with van der Waals surface area (Å²) in [7, 11) is 3.02. The molecule has 0 atom stereocenters. The third kappa shape index (κ3) is 4.13. The van der Waals surface area contributed by atoms with E-state index in [0.717, 1.165) is 4.90 Å². The van der Waals surface area contributed by atoms with Crippen molar-refractivity contribution < 1.29 is 23.8 Å². The highest BCUT2D eigenvalue weighted by Gasteiger charge is 2.42. The van der Waals surface area contributed by atoms with Crippen molar-refractivity contribution in [1.29, 1.82) is 0 Å². The van der Waals surface area contributed by atoms with E-state index < -0.39 is 11.8 Å². The smallest absolute Gasteiger partial charge is 0.282 e. The van der Waals surface area contributed by atoms with Crippen LogP contribution in [0.25, 0.3) is 5.57 Å². The van der Waals surface area contributed by atoms with E-state index in [1.165, 1.54) is 14.2 Å². The van der Waals surface area contributed by atoms with E-state index in [1.54, 1.807) is 66.7 Å². The predicted octanol–water partition coefficient (Wildman–Crippen LogP) is 4.50. The van der Waals surface area contributed by atoms with Crippen molar-refractivity contribution in [2.45, 2.75) is 6.92 Å². The Balaban J connectivity index is 1.82. The van der Waals surface area contributed by atoms with E-state index in [4.69, 9.17) is 14.2 Å². The standard InChI is InChI=1S/C26H24N2O5/c1-4-33-18-15-13-17(14-16-18)27-24-23(19-9-5-7-11-21(19)31-2)25(29)28(26(24)30)20-10-6-8-12-22(20)32-3/h5-16,27H,4H2,1-3H3. The third-order valence-electron chi connectivity index (χ3n) is 5.22. The van der Waals surface area contributed by atoms with Gasteiger partial charge in [0.05, 0.1) is 32.1 Å². The van der Waals surface area contributed by atoms with Crippen LogP contribution in [0, 0.1) is 0 Å². The van der Waals surface area contributed by atoms with Crippen LogP contribution in [0.15, 0.2) is 78.5 Å². The number of amides is 2. The van der Waals surface area contributed by atoms with Gasteiger partial charge >= 0.3 is 0 Å². The Kier molecular flexibility index (Phi) is 6.31. The number of benzene rings is 3. The minimum absolute atomic E-state index is 0.152.